The fourth-order valence-electron chi connectivity index (χ4n) is 2.03. The number of benzene rings is 1. The van der Waals surface area contributed by atoms with Gasteiger partial charge in [0.2, 0.25) is 0 Å². The van der Waals surface area contributed by atoms with Gasteiger partial charge >= 0.3 is 0 Å². The summed E-state index contributed by atoms with van der Waals surface area (Å²) in [4.78, 5) is 19.6. The number of hydrogen-bond acceptors (Lipinski definition) is 3. The van der Waals surface area contributed by atoms with Crippen LogP contribution in [0.4, 0.5) is 0 Å². The van der Waals surface area contributed by atoms with Crippen molar-refractivity contribution < 1.29 is 4.79 Å². The highest BCUT2D eigenvalue weighted by molar-refractivity contribution is 9.09. The molecule has 0 radical (unpaired) electrons. The summed E-state index contributed by atoms with van der Waals surface area (Å²) in [5.41, 5.74) is 1.96. The predicted molar refractivity (Wildman–Crippen MR) is 86.6 cm³/mol. The number of aryl methyl sites for hydroxylation is 2. The summed E-state index contributed by atoms with van der Waals surface area (Å²) in [7, 11) is 0. The molecule has 106 valence electrons. The molecule has 0 unspecified atom stereocenters. The van der Waals surface area contributed by atoms with Crippen LogP contribution in [0.1, 0.15) is 25.9 Å². The van der Waals surface area contributed by atoms with Crippen molar-refractivity contribution >= 4 is 33.2 Å². The molecule has 0 atom stereocenters. The highest BCUT2D eigenvalue weighted by Crippen LogP contribution is 2.20. The lowest BCUT2D eigenvalue weighted by atomic mass is 10.2. The number of aromatic nitrogens is 1. The summed E-state index contributed by atoms with van der Waals surface area (Å²) in [5.74, 6) is 0.0661. The van der Waals surface area contributed by atoms with Crippen LogP contribution in [0.15, 0.2) is 30.3 Å². The molecule has 20 heavy (non-hydrogen) atoms. The van der Waals surface area contributed by atoms with Gasteiger partial charge in [-0.1, -0.05) is 46.3 Å². The van der Waals surface area contributed by atoms with Crippen LogP contribution in [-0.4, -0.2) is 27.7 Å². The molecule has 2 rings (SSSR count). The van der Waals surface area contributed by atoms with E-state index in [-0.39, 0.29) is 5.91 Å². The molecular weight excluding hydrogens is 336 g/mol. The average Bonchev–Trinajstić information content (AvgIpc) is 2.77. The van der Waals surface area contributed by atoms with Crippen LogP contribution in [0.25, 0.3) is 0 Å². The number of carbonyl (C=O) groups excluding carboxylic acids is 1. The number of amides is 1. The lowest BCUT2D eigenvalue weighted by Crippen LogP contribution is -2.32. The van der Waals surface area contributed by atoms with Crippen LogP contribution in [0.3, 0.4) is 0 Å². The molecule has 0 saturated heterocycles. The smallest absolute Gasteiger partial charge is 0.266 e. The van der Waals surface area contributed by atoms with Crippen LogP contribution in [0, 0.1) is 13.8 Å². The zero-order valence-electron chi connectivity index (χ0n) is 11.6. The van der Waals surface area contributed by atoms with E-state index in [0.717, 1.165) is 26.5 Å². The highest BCUT2D eigenvalue weighted by atomic mass is 79.9. The third-order valence-electron chi connectivity index (χ3n) is 2.96. The molecule has 1 heterocycles. The molecule has 0 saturated carbocycles. The van der Waals surface area contributed by atoms with E-state index in [9.17, 15) is 4.79 Å². The second kappa shape index (κ2) is 6.99. The first kappa shape index (κ1) is 15.2. The van der Waals surface area contributed by atoms with Gasteiger partial charge in [-0.25, -0.2) is 4.98 Å². The molecular formula is C15H17BrN2OS. The Hall–Kier alpha value is -1.20. The number of thiazole rings is 1. The third kappa shape index (κ3) is 3.67. The van der Waals surface area contributed by atoms with Gasteiger partial charge in [-0.2, -0.15) is 0 Å². The summed E-state index contributed by atoms with van der Waals surface area (Å²) < 4.78 is 0. The minimum Gasteiger partial charge on any atom is -0.333 e. The number of nitrogens with zero attached hydrogens (tertiary/aromatic N) is 2. The Kier molecular flexibility index (Phi) is 5.31. The quantitative estimate of drug-likeness (QED) is 0.766. The van der Waals surface area contributed by atoms with Crippen LogP contribution >= 0.6 is 27.3 Å². The van der Waals surface area contributed by atoms with E-state index in [1.54, 1.807) is 0 Å². The van der Waals surface area contributed by atoms with Crippen molar-refractivity contribution in [3.8, 4) is 0 Å². The lowest BCUT2D eigenvalue weighted by Gasteiger charge is -2.21. The molecule has 3 nitrogen and oxygen atoms in total. The van der Waals surface area contributed by atoms with Crippen LogP contribution < -0.4 is 0 Å². The number of alkyl halides is 1. The van der Waals surface area contributed by atoms with Gasteiger partial charge in [0.25, 0.3) is 5.91 Å². The Morgan fingerprint density at radius 1 is 1.30 bits per heavy atom. The first-order chi connectivity index (χ1) is 9.61. The maximum atomic E-state index is 12.6. The van der Waals surface area contributed by atoms with E-state index >= 15 is 0 Å². The van der Waals surface area contributed by atoms with Gasteiger partial charge in [-0.15, -0.1) is 11.3 Å². The number of rotatable bonds is 5. The SMILES string of the molecule is Cc1nc(C)c(C(=O)N(CCBr)Cc2ccccc2)s1. The summed E-state index contributed by atoms with van der Waals surface area (Å²) in [6.45, 7) is 5.14. The number of halogens is 1. The maximum absolute atomic E-state index is 12.6. The van der Waals surface area contributed by atoms with Crippen LogP contribution in [0.5, 0.6) is 0 Å². The Labute approximate surface area is 131 Å². The Morgan fingerprint density at radius 3 is 2.55 bits per heavy atom. The fraction of sp³-hybridized carbons (Fsp3) is 0.333. The van der Waals surface area contributed by atoms with Crippen LogP contribution in [-0.2, 0) is 6.54 Å². The van der Waals surface area contributed by atoms with Gasteiger partial charge in [-0.05, 0) is 19.4 Å². The molecule has 0 aliphatic carbocycles. The maximum Gasteiger partial charge on any atom is 0.266 e. The third-order valence-corrected chi connectivity index (χ3v) is 4.37. The zero-order chi connectivity index (χ0) is 14.5. The van der Waals surface area contributed by atoms with Crippen molar-refractivity contribution in [2.45, 2.75) is 20.4 Å². The minimum absolute atomic E-state index is 0.0661. The first-order valence-corrected chi connectivity index (χ1v) is 8.39. The van der Waals surface area contributed by atoms with E-state index < -0.39 is 0 Å². The Bertz CT molecular complexity index is 583. The van der Waals surface area contributed by atoms with Gasteiger partial charge < -0.3 is 4.90 Å². The summed E-state index contributed by atoms with van der Waals surface area (Å²) in [6.07, 6.45) is 0. The van der Waals surface area contributed by atoms with Crippen molar-refractivity contribution in [1.82, 2.24) is 9.88 Å². The highest BCUT2D eigenvalue weighted by Gasteiger charge is 2.20. The first-order valence-electron chi connectivity index (χ1n) is 6.45. The standard InChI is InChI=1S/C15H17BrN2OS/c1-11-14(20-12(2)17-11)15(19)18(9-8-16)10-13-6-4-3-5-7-13/h3-7H,8-10H2,1-2H3. The molecule has 2 aromatic rings. The van der Waals surface area contributed by atoms with E-state index in [1.807, 2.05) is 49.1 Å². The Morgan fingerprint density at radius 2 is 2.00 bits per heavy atom. The van der Waals surface area contributed by atoms with Gasteiger partial charge in [-0.3, -0.25) is 4.79 Å². The molecule has 0 aliphatic rings. The van der Waals surface area contributed by atoms with Crippen LogP contribution in [0.2, 0.25) is 0 Å². The zero-order valence-corrected chi connectivity index (χ0v) is 14.0. The van der Waals surface area contributed by atoms with Crippen molar-refractivity contribution in [2.75, 3.05) is 11.9 Å². The average molecular weight is 353 g/mol. The monoisotopic (exact) mass is 352 g/mol. The minimum atomic E-state index is 0.0661. The summed E-state index contributed by atoms with van der Waals surface area (Å²) >= 11 is 4.89. The fourth-order valence-corrected chi connectivity index (χ4v) is 3.35. The van der Waals surface area contributed by atoms with Crippen molar-refractivity contribution in [3.05, 3.63) is 51.5 Å². The lowest BCUT2D eigenvalue weighted by molar-refractivity contribution is 0.0758. The molecule has 0 bridgehead atoms. The van der Waals surface area contributed by atoms with Gasteiger partial charge in [0.15, 0.2) is 0 Å². The van der Waals surface area contributed by atoms with E-state index in [2.05, 4.69) is 20.9 Å². The second-order valence-electron chi connectivity index (χ2n) is 4.55. The second-order valence-corrected chi connectivity index (χ2v) is 6.54. The van der Waals surface area contributed by atoms with E-state index in [4.69, 9.17) is 0 Å². The molecule has 1 amide bonds. The number of carbonyl (C=O) groups is 1. The predicted octanol–water partition coefficient (Wildman–Crippen LogP) is 3.80. The summed E-state index contributed by atoms with van der Waals surface area (Å²) in [5, 5.41) is 1.70. The molecule has 0 spiro atoms. The van der Waals surface area contributed by atoms with Crippen molar-refractivity contribution in [1.29, 1.82) is 0 Å². The number of hydrogen-bond donors (Lipinski definition) is 0. The molecule has 5 heteroatoms. The molecule has 0 N–H and O–H groups in total. The molecule has 0 aliphatic heterocycles. The molecule has 1 aromatic carbocycles. The normalized spacial score (nSPS) is 10.6. The van der Waals surface area contributed by atoms with E-state index in [0.29, 0.717) is 13.1 Å². The largest absolute Gasteiger partial charge is 0.333 e. The molecule has 1 aromatic heterocycles. The van der Waals surface area contributed by atoms with Gasteiger partial charge in [0.05, 0.1) is 10.7 Å². The van der Waals surface area contributed by atoms with Crippen molar-refractivity contribution in [3.63, 3.8) is 0 Å². The summed E-state index contributed by atoms with van der Waals surface area (Å²) in [6, 6.07) is 10.1. The molecule has 0 fully saturated rings. The van der Waals surface area contributed by atoms with Gasteiger partial charge in [0.1, 0.15) is 4.88 Å². The topological polar surface area (TPSA) is 33.2 Å². The van der Waals surface area contributed by atoms with Gasteiger partial charge in [0, 0.05) is 18.4 Å². The Balaban J connectivity index is 2.20. The van der Waals surface area contributed by atoms with E-state index in [1.165, 1.54) is 11.3 Å². The van der Waals surface area contributed by atoms with Crippen molar-refractivity contribution in [2.24, 2.45) is 0 Å².